The summed E-state index contributed by atoms with van der Waals surface area (Å²) < 4.78 is 4.94. The molecule has 0 radical (unpaired) electrons. The Kier molecular flexibility index (Phi) is 3.83. The summed E-state index contributed by atoms with van der Waals surface area (Å²) in [5, 5.41) is 0. The minimum absolute atomic E-state index is 0.377. The molecule has 8 bridgehead atoms. The van der Waals surface area contributed by atoms with Crippen LogP contribution in [0.4, 0.5) is 0 Å². The van der Waals surface area contributed by atoms with Gasteiger partial charge < -0.3 is 14.7 Å². The van der Waals surface area contributed by atoms with E-state index in [-0.39, 0.29) is 5.97 Å². The molecule has 6 heteroatoms. The van der Waals surface area contributed by atoms with Gasteiger partial charge in [-0.1, -0.05) is 0 Å². The SMILES string of the molecule is COC(=O)c1cc2cc3nc(cc4ccc(cc5nc(cc1[nH]2)CC5)[nH]4)C=C3. The number of esters is 1. The highest BCUT2D eigenvalue weighted by atomic mass is 16.5. The zero-order chi connectivity index (χ0) is 19.1. The molecule has 2 aliphatic heterocycles. The molecular formula is C22H18N4O2. The summed E-state index contributed by atoms with van der Waals surface area (Å²) in [7, 11) is 1.39. The second kappa shape index (κ2) is 6.49. The van der Waals surface area contributed by atoms with E-state index in [1.54, 1.807) is 6.07 Å². The molecule has 0 aliphatic carbocycles. The van der Waals surface area contributed by atoms with Gasteiger partial charge in [-0.15, -0.1) is 0 Å². The van der Waals surface area contributed by atoms with Crippen molar-refractivity contribution in [1.29, 1.82) is 0 Å². The smallest absolute Gasteiger partial charge is 0.340 e. The molecule has 5 rings (SSSR count). The minimum Gasteiger partial charge on any atom is -0.465 e. The highest BCUT2D eigenvalue weighted by Gasteiger charge is 2.13. The van der Waals surface area contributed by atoms with Crippen molar-refractivity contribution in [2.75, 3.05) is 7.11 Å². The van der Waals surface area contributed by atoms with E-state index in [0.717, 1.165) is 52.2 Å². The first-order valence-corrected chi connectivity index (χ1v) is 9.13. The van der Waals surface area contributed by atoms with Gasteiger partial charge in [0.05, 0.1) is 29.6 Å². The molecule has 3 aromatic heterocycles. The third-order valence-corrected chi connectivity index (χ3v) is 4.85. The van der Waals surface area contributed by atoms with E-state index in [4.69, 9.17) is 9.72 Å². The number of aryl methyl sites for hydroxylation is 2. The number of methoxy groups -OCH3 is 1. The number of carbonyl (C=O) groups excluding carboxylic acids is 1. The van der Waals surface area contributed by atoms with Crippen LogP contribution in [0.15, 0.2) is 42.5 Å². The van der Waals surface area contributed by atoms with Crippen LogP contribution in [0.2, 0.25) is 0 Å². The second-order valence-electron chi connectivity index (χ2n) is 6.88. The molecule has 0 aromatic carbocycles. The van der Waals surface area contributed by atoms with Crippen LogP contribution >= 0.6 is 0 Å². The quantitative estimate of drug-likeness (QED) is 0.495. The second-order valence-corrected chi connectivity index (χ2v) is 6.88. The van der Waals surface area contributed by atoms with Crippen LogP contribution in [0.5, 0.6) is 0 Å². The highest BCUT2D eigenvalue weighted by Crippen LogP contribution is 2.20. The fourth-order valence-corrected chi connectivity index (χ4v) is 3.54. The van der Waals surface area contributed by atoms with Crippen molar-refractivity contribution in [3.63, 3.8) is 0 Å². The van der Waals surface area contributed by atoms with Gasteiger partial charge >= 0.3 is 5.97 Å². The van der Waals surface area contributed by atoms with Crippen molar-refractivity contribution in [1.82, 2.24) is 19.9 Å². The standard InChI is InChI=1S/C22H18N4O2/c1-28-22(27)20-11-19-10-17-5-4-15(24-17)8-13-2-3-14(23-13)9-16-6-7-18(25-16)12-21(20)26-19/h2-5,8-12,23,26H,6-7H2,1H3. The molecule has 0 saturated heterocycles. The molecule has 138 valence electrons. The van der Waals surface area contributed by atoms with Crippen LogP contribution in [0.1, 0.15) is 33.1 Å². The zero-order valence-corrected chi connectivity index (χ0v) is 15.3. The number of hydrogen-bond donors (Lipinski definition) is 2. The summed E-state index contributed by atoms with van der Waals surface area (Å²) in [5.41, 5.74) is 7.61. The Bertz CT molecular complexity index is 1280. The van der Waals surface area contributed by atoms with Crippen LogP contribution in [-0.2, 0) is 17.6 Å². The summed E-state index contributed by atoms with van der Waals surface area (Å²) in [6.07, 6.45) is 5.61. The molecule has 0 saturated carbocycles. The number of aromatic nitrogens is 4. The molecule has 0 unspecified atom stereocenters. The molecular weight excluding hydrogens is 352 g/mol. The first kappa shape index (κ1) is 16.5. The summed E-state index contributed by atoms with van der Waals surface area (Å²) >= 11 is 0. The Morgan fingerprint density at radius 3 is 2.29 bits per heavy atom. The normalized spacial score (nSPS) is 12.9. The van der Waals surface area contributed by atoms with Crippen molar-refractivity contribution in [2.45, 2.75) is 12.8 Å². The molecule has 0 amide bonds. The fourth-order valence-electron chi connectivity index (χ4n) is 3.54. The number of nitrogens with one attached hydrogen (secondary N) is 2. The maximum Gasteiger partial charge on any atom is 0.340 e. The maximum atomic E-state index is 12.2. The molecule has 0 atom stereocenters. The van der Waals surface area contributed by atoms with Crippen molar-refractivity contribution >= 4 is 40.2 Å². The number of hydrogen-bond acceptors (Lipinski definition) is 4. The summed E-state index contributed by atoms with van der Waals surface area (Å²) in [5.74, 6) is -0.377. The Morgan fingerprint density at radius 1 is 0.857 bits per heavy atom. The van der Waals surface area contributed by atoms with Crippen molar-refractivity contribution in [3.05, 3.63) is 70.8 Å². The lowest BCUT2D eigenvalue weighted by Crippen LogP contribution is -1.99. The van der Waals surface area contributed by atoms with Gasteiger partial charge in [-0.2, -0.15) is 0 Å². The van der Waals surface area contributed by atoms with Crippen molar-refractivity contribution in [3.8, 4) is 0 Å². The van der Waals surface area contributed by atoms with Gasteiger partial charge in [0.25, 0.3) is 0 Å². The monoisotopic (exact) mass is 370 g/mol. The van der Waals surface area contributed by atoms with E-state index in [9.17, 15) is 4.79 Å². The molecule has 0 spiro atoms. The number of H-pyrrole nitrogens is 2. The Hall–Kier alpha value is -3.67. The predicted molar refractivity (Wildman–Crippen MR) is 109 cm³/mol. The lowest BCUT2D eigenvalue weighted by Gasteiger charge is -1.94. The van der Waals surface area contributed by atoms with Gasteiger partial charge in [-0.3, -0.25) is 4.98 Å². The van der Waals surface area contributed by atoms with Crippen LogP contribution in [0.3, 0.4) is 0 Å². The van der Waals surface area contributed by atoms with Gasteiger partial charge in [0.2, 0.25) is 0 Å². The summed E-state index contributed by atoms with van der Waals surface area (Å²) in [6, 6.07) is 13.8. The third-order valence-electron chi connectivity index (χ3n) is 4.85. The van der Waals surface area contributed by atoms with E-state index >= 15 is 0 Å². The largest absolute Gasteiger partial charge is 0.465 e. The summed E-state index contributed by atoms with van der Waals surface area (Å²) in [4.78, 5) is 28.2. The van der Waals surface area contributed by atoms with Crippen LogP contribution in [-0.4, -0.2) is 33.0 Å². The highest BCUT2D eigenvalue weighted by molar-refractivity contribution is 5.99. The number of carbonyl (C=O) groups is 1. The molecule has 6 nitrogen and oxygen atoms in total. The van der Waals surface area contributed by atoms with Crippen LogP contribution < -0.4 is 0 Å². The lowest BCUT2D eigenvalue weighted by molar-refractivity contribution is 0.0603. The van der Waals surface area contributed by atoms with Crippen LogP contribution in [0, 0.1) is 0 Å². The number of fused-ring (bicyclic) bond motifs is 8. The average Bonchev–Trinajstić information content (AvgIpc) is 3.45. The van der Waals surface area contributed by atoms with Gasteiger partial charge in [0, 0.05) is 27.9 Å². The molecule has 28 heavy (non-hydrogen) atoms. The molecule has 0 fully saturated rings. The van der Waals surface area contributed by atoms with Crippen molar-refractivity contribution in [2.24, 2.45) is 0 Å². The van der Waals surface area contributed by atoms with Gasteiger partial charge in [-0.05, 0) is 67.5 Å². The molecule has 2 N–H and O–H groups in total. The minimum atomic E-state index is -0.377. The Morgan fingerprint density at radius 2 is 1.54 bits per heavy atom. The number of aromatic amines is 2. The Labute approximate surface area is 160 Å². The van der Waals surface area contributed by atoms with E-state index < -0.39 is 0 Å². The number of nitrogens with zero attached hydrogens (tertiary/aromatic N) is 2. The Balaban J connectivity index is 1.84. The molecule has 2 aliphatic rings. The van der Waals surface area contributed by atoms with E-state index in [1.807, 2.05) is 42.5 Å². The summed E-state index contributed by atoms with van der Waals surface area (Å²) in [6.45, 7) is 0. The first-order valence-electron chi connectivity index (χ1n) is 9.13. The third kappa shape index (κ3) is 3.09. The van der Waals surface area contributed by atoms with E-state index in [0.29, 0.717) is 11.1 Å². The predicted octanol–water partition coefficient (Wildman–Crippen LogP) is 4.06. The lowest BCUT2D eigenvalue weighted by atomic mass is 10.2. The fraction of sp³-hybridized carbons (Fsp3) is 0.136. The first-order chi connectivity index (χ1) is 13.7. The zero-order valence-electron chi connectivity index (χ0n) is 15.3. The van der Waals surface area contributed by atoms with Gasteiger partial charge in [0.15, 0.2) is 0 Å². The van der Waals surface area contributed by atoms with Gasteiger partial charge in [0.1, 0.15) is 0 Å². The molecule has 3 aromatic rings. The molecule has 5 heterocycles. The van der Waals surface area contributed by atoms with E-state index in [1.165, 1.54) is 7.11 Å². The topological polar surface area (TPSA) is 83.7 Å². The van der Waals surface area contributed by atoms with Crippen molar-refractivity contribution < 1.29 is 9.53 Å². The number of rotatable bonds is 1. The van der Waals surface area contributed by atoms with Gasteiger partial charge in [-0.25, -0.2) is 9.78 Å². The van der Waals surface area contributed by atoms with Crippen LogP contribution in [0.25, 0.3) is 34.2 Å². The van der Waals surface area contributed by atoms with E-state index in [2.05, 4.69) is 21.0 Å². The maximum absolute atomic E-state index is 12.2. The number of ether oxygens (including phenoxy) is 1. The average molecular weight is 370 g/mol.